The molecule has 0 aliphatic rings. The topological polar surface area (TPSA) is 107 Å². The zero-order chi connectivity index (χ0) is 19.8. The average Bonchev–Trinajstić information content (AvgIpc) is 3.32. The third-order valence-corrected chi connectivity index (χ3v) is 5.36. The molecule has 2 aromatic carbocycles. The van der Waals surface area contributed by atoms with E-state index in [2.05, 4.69) is 33.3 Å². The molecule has 5 rings (SSSR count). The number of rotatable bonds is 5. The standard InChI is InChI=1S/C23H21N5O/c24-18(10-17-13-27-21-4-2-1-3-19(17)21)11-20-22(28-29-23(20)25)15-5-6-16-12-26-8-7-14(16)9-15/h1-9,12-13,18,27H,10-11,24-25H2/t18-/m0/s1. The lowest BCUT2D eigenvalue weighted by Crippen LogP contribution is -2.25. The van der Waals surface area contributed by atoms with Crippen LogP contribution >= 0.6 is 0 Å². The van der Waals surface area contributed by atoms with E-state index in [1.54, 1.807) is 6.20 Å². The molecule has 0 fully saturated rings. The van der Waals surface area contributed by atoms with Gasteiger partial charge in [0.05, 0.1) is 0 Å². The molecular formula is C23H21N5O. The average molecular weight is 383 g/mol. The van der Waals surface area contributed by atoms with Gasteiger partial charge in [0, 0.05) is 52.0 Å². The number of hydrogen-bond acceptors (Lipinski definition) is 5. The number of H-pyrrole nitrogens is 1. The van der Waals surface area contributed by atoms with E-state index in [0.29, 0.717) is 12.3 Å². The zero-order valence-corrected chi connectivity index (χ0v) is 15.8. The highest BCUT2D eigenvalue weighted by Gasteiger charge is 2.19. The first-order valence-electron chi connectivity index (χ1n) is 9.58. The molecular weight excluding hydrogens is 362 g/mol. The van der Waals surface area contributed by atoms with Gasteiger partial charge < -0.3 is 21.0 Å². The molecule has 0 radical (unpaired) electrons. The highest BCUT2D eigenvalue weighted by Crippen LogP contribution is 2.31. The Morgan fingerprint density at radius 2 is 1.93 bits per heavy atom. The van der Waals surface area contributed by atoms with Gasteiger partial charge >= 0.3 is 0 Å². The van der Waals surface area contributed by atoms with Gasteiger partial charge in [-0.05, 0) is 42.0 Å². The van der Waals surface area contributed by atoms with E-state index in [9.17, 15) is 0 Å². The van der Waals surface area contributed by atoms with Crippen molar-refractivity contribution in [2.24, 2.45) is 5.73 Å². The molecule has 5 aromatic rings. The zero-order valence-electron chi connectivity index (χ0n) is 15.8. The smallest absolute Gasteiger partial charge is 0.225 e. The van der Waals surface area contributed by atoms with Crippen LogP contribution in [0.2, 0.25) is 0 Å². The third kappa shape index (κ3) is 3.23. The highest BCUT2D eigenvalue weighted by atomic mass is 16.5. The molecule has 3 heterocycles. The molecule has 0 unspecified atom stereocenters. The van der Waals surface area contributed by atoms with E-state index in [-0.39, 0.29) is 6.04 Å². The Morgan fingerprint density at radius 3 is 2.86 bits per heavy atom. The van der Waals surface area contributed by atoms with Crippen molar-refractivity contribution in [1.29, 1.82) is 0 Å². The van der Waals surface area contributed by atoms with Crippen LogP contribution in [0.15, 0.2) is 71.6 Å². The Bertz CT molecular complexity index is 1300. The number of para-hydroxylation sites is 1. The van der Waals surface area contributed by atoms with Gasteiger partial charge in [-0.15, -0.1) is 0 Å². The van der Waals surface area contributed by atoms with E-state index < -0.39 is 0 Å². The van der Waals surface area contributed by atoms with E-state index in [0.717, 1.165) is 39.5 Å². The molecule has 0 spiro atoms. The number of benzene rings is 2. The second-order valence-electron chi connectivity index (χ2n) is 7.34. The first-order chi connectivity index (χ1) is 14.2. The number of nitrogens with two attached hydrogens (primary N) is 2. The maximum Gasteiger partial charge on any atom is 0.225 e. The van der Waals surface area contributed by atoms with Gasteiger partial charge in [-0.3, -0.25) is 4.98 Å². The van der Waals surface area contributed by atoms with Crippen LogP contribution in [0.25, 0.3) is 32.9 Å². The SMILES string of the molecule is Nc1onc(-c2ccc3cnccc3c2)c1C[C@@H](N)Cc1c[nH]c2ccccc12. The summed E-state index contributed by atoms with van der Waals surface area (Å²) < 4.78 is 5.32. The minimum Gasteiger partial charge on any atom is -0.367 e. The van der Waals surface area contributed by atoms with Gasteiger partial charge in [0.25, 0.3) is 0 Å². The second-order valence-corrected chi connectivity index (χ2v) is 7.34. The van der Waals surface area contributed by atoms with E-state index in [1.807, 2.05) is 42.7 Å². The summed E-state index contributed by atoms with van der Waals surface area (Å²) >= 11 is 0. The predicted octanol–water partition coefficient (Wildman–Crippen LogP) is 4.07. The quantitative estimate of drug-likeness (QED) is 0.424. The minimum atomic E-state index is -0.112. The maximum atomic E-state index is 6.51. The van der Waals surface area contributed by atoms with Gasteiger partial charge in [-0.1, -0.05) is 35.5 Å². The molecule has 5 N–H and O–H groups in total. The summed E-state index contributed by atoms with van der Waals surface area (Å²) in [5, 5.41) is 7.58. The van der Waals surface area contributed by atoms with Gasteiger partial charge in [0.1, 0.15) is 5.69 Å². The molecule has 6 nitrogen and oxygen atoms in total. The molecule has 0 saturated heterocycles. The summed E-state index contributed by atoms with van der Waals surface area (Å²) in [6, 6.07) is 16.2. The lowest BCUT2D eigenvalue weighted by molar-refractivity contribution is 0.438. The van der Waals surface area contributed by atoms with Crippen molar-refractivity contribution in [1.82, 2.24) is 15.1 Å². The van der Waals surface area contributed by atoms with Crippen molar-refractivity contribution >= 4 is 27.6 Å². The fraction of sp³-hybridized carbons (Fsp3) is 0.130. The number of aromatic amines is 1. The van der Waals surface area contributed by atoms with Crippen molar-refractivity contribution < 1.29 is 4.52 Å². The van der Waals surface area contributed by atoms with E-state index in [4.69, 9.17) is 16.0 Å². The van der Waals surface area contributed by atoms with Crippen LogP contribution in [0.1, 0.15) is 11.1 Å². The van der Waals surface area contributed by atoms with Crippen LogP contribution in [0.5, 0.6) is 0 Å². The Labute approximate surface area is 167 Å². The minimum absolute atomic E-state index is 0.112. The Balaban J connectivity index is 1.43. The number of nitrogen functional groups attached to an aromatic ring is 1. The van der Waals surface area contributed by atoms with Gasteiger partial charge in [0.2, 0.25) is 5.88 Å². The van der Waals surface area contributed by atoms with Gasteiger partial charge in [-0.2, -0.15) is 0 Å². The summed E-state index contributed by atoms with van der Waals surface area (Å²) in [5.41, 5.74) is 17.5. The molecule has 0 aliphatic heterocycles. The number of aromatic nitrogens is 3. The van der Waals surface area contributed by atoms with Gasteiger partial charge in [-0.25, -0.2) is 0 Å². The van der Waals surface area contributed by atoms with Gasteiger partial charge in [0.15, 0.2) is 0 Å². The Kier molecular flexibility index (Phi) is 4.26. The van der Waals surface area contributed by atoms with E-state index in [1.165, 1.54) is 10.9 Å². The lowest BCUT2D eigenvalue weighted by Gasteiger charge is -2.11. The van der Waals surface area contributed by atoms with E-state index >= 15 is 0 Å². The molecule has 0 aliphatic carbocycles. The number of anilines is 1. The second kappa shape index (κ2) is 7.07. The van der Waals surface area contributed by atoms with Crippen LogP contribution in [0, 0.1) is 0 Å². The van der Waals surface area contributed by atoms with Crippen molar-refractivity contribution in [3.8, 4) is 11.3 Å². The molecule has 0 bridgehead atoms. The normalized spacial score (nSPS) is 12.6. The Morgan fingerprint density at radius 1 is 1.03 bits per heavy atom. The first-order valence-corrected chi connectivity index (χ1v) is 9.58. The molecule has 3 aromatic heterocycles. The van der Waals surface area contributed by atoms with Crippen molar-refractivity contribution in [2.45, 2.75) is 18.9 Å². The fourth-order valence-corrected chi connectivity index (χ4v) is 3.89. The summed E-state index contributed by atoms with van der Waals surface area (Å²) in [6.07, 6.45) is 6.96. The number of nitrogens with zero attached hydrogens (tertiary/aromatic N) is 2. The largest absolute Gasteiger partial charge is 0.367 e. The van der Waals surface area contributed by atoms with Crippen LogP contribution in [-0.2, 0) is 12.8 Å². The summed E-state index contributed by atoms with van der Waals surface area (Å²) in [5.74, 6) is 0.323. The summed E-state index contributed by atoms with van der Waals surface area (Å²) in [4.78, 5) is 7.46. The van der Waals surface area contributed by atoms with Crippen LogP contribution in [0.4, 0.5) is 5.88 Å². The first kappa shape index (κ1) is 17.5. The van der Waals surface area contributed by atoms with Crippen molar-refractivity contribution in [3.05, 3.63) is 78.2 Å². The molecule has 0 amide bonds. The maximum absolute atomic E-state index is 6.51. The summed E-state index contributed by atoms with van der Waals surface area (Å²) in [7, 11) is 0. The Hall–Kier alpha value is -3.64. The highest BCUT2D eigenvalue weighted by molar-refractivity contribution is 5.87. The number of pyridine rings is 1. The summed E-state index contributed by atoms with van der Waals surface area (Å²) in [6.45, 7) is 0. The number of nitrogens with one attached hydrogen (secondary N) is 1. The molecule has 0 saturated carbocycles. The molecule has 6 heteroatoms. The van der Waals surface area contributed by atoms with Crippen molar-refractivity contribution in [3.63, 3.8) is 0 Å². The number of hydrogen-bond donors (Lipinski definition) is 3. The molecule has 29 heavy (non-hydrogen) atoms. The van der Waals surface area contributed by atoms with Crippen LogP contribution in [-0.4, -0.2) is 21.2 Å². The predicted molar refractivity (Wildman–Crippen MR) is 115 cm³/mol. The fourth-order valence-electron chi connectivity index (χ4n) is 3.89. The molecule has 144 valence electrons. The lowest BCUT2D eigenvalue weighted by atomic mass is 9.96. The van der Waals surface area contributed by atoms with Crippen molar-refractivity contribution in [2.75, 3.05) is 5.73 Å². The molecule has 1 atom stereocenters. The third-order valence-electron chi connectivity index (χ3n) is 5.36. The van der Waals surface area contributed by atoms with Crippen LogP contribution in [0.3, 0.4) is 0 Å². The number of fused-ring (bicyclic) bond motifs is 2. The monoisotopic (exact) mass is 383 g/mol. The van der Waals surface area contributed by atoms with Crippen LogP contribution < -0.4 is 11.5 Å².